The van der Waals surface area contributed by atoms with E-state index < -0.39 is 0 Å². The summed E-state index contributed by atoms with van der Waals surface area (Å²) in [6.07, 6.45) is 20.3. The molecule has 2 rings (SSSR count). The van der Waals surface area contributed by atoms with Crippen LogP contribution >= 0.6 is 0 Å². The van der Waals surface area contributed by atoms with Crippen molar-refractivity contribution in [3.8, 4) is 5.75 Å². The number of hydrogen-bond donors (Lipinski definition) is 1. The fraction of sp³-hybridized carbons (Fsp3) is 0.720. The Morgan fingerprint density at radius 1 is 0.857 bits per heavy atom. The summed E-state index contributed by atoms with van der Waals surface area (Å²) >= 11 is 0. The van der Waals surface area contributed by atoms with Crippen LogP contribution in [0, 0.1) is 0 Å². The smallest absolute Gasteiger partial charge is 0.410 e. The van der Waals surface area contributed by atoms with E-state index in [1.54, 1.807) is 0 Å². The molecule has 1 aliphatic rings. The Bertz CT molecular complexity index is 520. The highest BCUT2D eigenvalue weighted by molar-refractivity contribution is 5.70. The van der Waals surface area contributed by atoms with Crippen LogP contribution in [0.3, 0.4) is 0 Å². The van der Waals surface area contributed by atoms with Crippen LogP contribution in [-0.2, 0) is 6.42 Å². The number of benzene rings is 1. The molecule has 0 aromatic heterocycles. The number of unbranched alkanes of at least 4 members (excludes halogenated alkanes) is 9. The Kier molecular flexibility index (Phi) is 11.8. The number of carbonyl (C=O) groups is 1. The van der Waals surface area contributed by atoms with E-state index >= 15 is 0 Å². The van der Waals surface area contributed by atoms with E-state index in [-0.39, 0.29) is 12.1 Å². The summed E-state index contributed by atoms with van der Waals surface area (Å²) in [6.45, 7) is 2.27. The molecule has 0 atom stereocenters. The molecule has 1 aromatic carbocycles. The highest BCUT2D eigenvalue weighted by atomic mass is 16.6. The van der Waals surface area contributed by atoms with Gasteiger partial charge in [0.15, 0.2) is 0 Å². The number of hydrogen-bond acceptors (Lipinski definition) is 2. The molecule has 1 N–H and O–H groups in total. The maximum Gasteiger partial charge on any atom is 0.412 e. The van der Waals surface area contributed by atoms with Crippen molar-refractivity contribution in [2.45, 2.75) is 116 Å². The van der Waals surface area contributed by atoms with Crippen LogP contribution in [0.15, 0.2) is 24.3 Å². The van der Waals surface area contributed by atoms with Gasteiger partial charge in [-0.25, -0.2) is 4.79 Å². The fourth-order valence-corrected chi connectivity index (χ4v) is 4.09. The molecule has 1 amide bonds. The Balaban J connectivity index is 1.51. The van der Waals surface area contributed by atoms with Crippen LogP contribution < -0.4 is 10.1 Å². The molecule has 28 heavy (non-hydrogen) atoms. The molecule has 3 nitrogen and oxygen atoms in total. The van der Waals surface area contributed by atoms with Crippen molar-refractivity contribution in [2.24, 2.45) is 0 Å². The van der Waals surface area contributed by atoms with E-state index in [0.717, 1.165) is 19.3 Å². The van der Waals surface area contributed by atoms with Gasteiger partial charge in [0.05, 0.1) is 0 Å². The maximum atomic E-state index is 12.0. The largest absolute Gasteiger partial charge is 0.412 e. The molecule has 0 saturated heterocycles. The second-order valence-corrected chi connectivity index (χ2v) is 8.44. The third kappa shape index (κ3) is 10.1. The van der Waals surface area contributed by atoms with Gasteiger partial charge in [-0.05, 0) is 43.4 Å². The van der Waals surface area contributed by atoms with E-state index in [1.165, 1.54) is 89.0 Å². The Morgan fingerprint density at radius 3 is 2.04 bits per heavy atom. The number of aryl methyl sites for hydroxylation is 1. The number of amides is 1. The predicted octanol–water partition coefficient (Wildman–Crippen LogP) is 7.57. The third-order valence-corrected chi connectivity index (χ3v) is 5.88. The van der Waals surface area contributed by atoms with E-state index in [2.05, 4.69) is 24.4 Å². The van der Waals surface area contributed by atoms with Crippen molar-refractivity contribution >= 4 is 6.09 Å². The van der Waals surface area contributed by atoms with Crippen LogP contribution in [0.1, 0.15) is 109 Å². The number of carbonyl (C=O) groups excluding carboxylic acids is 1. The van der Waals surface area contributed by atoms with E-state index in [0.29, 0.717) is 5.75 Å². The molecular formula is C25H41NO2. The molecule has 1 saturated carbocycles. The van der Waals surface area contributed by atoms with Crippen LogP contribution in [0.2, 0.25) is 0 Å². The van der Waals surface area contributed by atoms with Crippen LogP contribution in [0.4, 0.5) is 4.79 Å². The predicted molar refractivity (Wildman–Crippen MR) is 118 cm³/mol. The molecule has 0 spiro atoms. The van der Waals surface area contributed by atoms with Gasteiger partial charge in [0.2, 0.25) is 0 Å². The fourth-order valence-electron chi connectivity index (χ4n) is 4.09. The lowest BCUT2D eigenvalue weighted by molar-refractivity contribution is 0.192. The average Bonchev–Trinajstić information content (AvgIpc) is 2.71. The minimum absolute atomic E-state index is 0.289. The second-order valence-electron chi connectivity index (χ2n) is 8.44. The zero-order valence-electron chi connectivity index (χ0n) is 18.0. The van der Waals surface area contributed by atoms with Crippen LogP contribution in [-0.4, -0.2) is 12.1 Å². The Hall–Kier alpha value is -1.51. The summed E-state index contributed by atoms with van der Waals surface area (Å²) in [7, 11) is 0. The normalized spacial score (nSPS) is 14.8. The van der Waals surface area contributed by atoms with Crippen molar-refractivity contribution in [1.82, 2.24) is 5.32 Å². The molecule has 0 bridgehead atoms. The molecule has 1 aromatic rings. The van der Waals surface area contributed by atoms with Gasteiger partial charge in [0, 0.05) is 6.04 Å². The molecule has 0 aliphatic heterocycles. The lowest BCUT2D eigenvalue weighted by Crippen LogP contribution is -2.37. The van der Waals surface area contributed by atoms with Gasteiger partial charge in [-0.3, -0.25) is 0 Å². The van der Waals surface area contributed by atoms with Gasteiger partial charge in [0.25, 0.3) is 0 Å². The van der Waals surface area contributed by atoms with Gasteiger partial charge >= 0.3 is 6.09 Å². The van der Waals surface area contributed by atoms with Crippen molar-refractivity contribution in [1.29, 1.82) is 0 Å². The molecular weight excluding hydrogens is 346 g/mol. The van der Waals surface area contributed by atoms with Gasteiger partial charge < -0.3 is 10.1 Å². The molecule has 1 fully saturated rings. The number of rotatable bonds is 13. The summed E-state index contributed by atoms with van der Waals surface area (Å²) in [4.78, 5) is 12.0. The van der Waals surface area contributed by atoms with Crippen molar-refractivity contribution in [2.75, 3.05) is 0 Å². The zero-order valence-corrected chi connectivity index (χ0v) is 18.0. The van der Waals surface area contributed by atoms with Gasteiger partial charge in [0.1, 0.15) is 5.75 Å². The van der Waals surface area contributed by atoms with Crippen molar-refractivity contribution < 1.29 is 9.53 Å². The topological polar surface area (TPSA) is 38.3 Å². The Labute approximate surface area is 172 Å². The van der Waals surface area contributed by atoms with Gasteiger partial charge in [-0.15, -0.1) is 0 Å². The van der Waals surface area contributed by atoms with Crippen LogP contribution in [0.5, 0.6) is 5.75 Å². The zero-order chi connectivity index (χ0) is 19.9. The standard InChI is InChI=1S/C25H41NO2/c1-2-3-4-5-6-7-8-9-10-12-15-22-18-20-24(21-19-22)28-25(27)26-23-16-13-11-14-17-23/h18-21,23H,2-17H2,1H3,(H,26,27). The number of ether oxygens (including phenoxy) is 1. The first-order valence-electron chi connectivity index (χ1n) is 11.8. The van der Waals surface area contributed by atoms with Crippen molar-refractivity contribution in [3.05, 3.63) is 29.8 Å². The van der Waals surface area contributed by atoms with Crippen molar-refractivity contribution in [3.63, 3.8) is 0 Å². The first-order valence-corrected chi connectivity index (χ1v) is 11.8. The SMILES string of the molecule is CCCCCCCCCCCCc1ccc(OC(=O)NC2CCCCC2)cc1. The summed E-state index contributed by atoms with van der Waals surface area (Å²) in [5.74, 6) is 0.639. The quantitative estimate of drug-likeness (QED) is 0.354. The van der Waals surface area contributed by atoms with Gasteiger partial charge in [-0.2, -0.15) is 0 Å². The summed E-state index contributed by atoms with van der Waals surface area (Å²) in [6, 6.07) is 8.32. The second kappa shape index (κ2) is 14.5. The van der Waals surface area contributed by atoms with Crippen LogP contribution in [0.25, 0.3) is 0 Å². The average molecular weight is 388 g/mol. The maximum absolute atomic E-state index is 12.0. The third-order valence-electron chi connectivity index (χ3n) is 5.88. The monoisotopic (exact) mass is 387 g/mol. The molecule has 158 valence electrons. The lowest BCUT2D eigenvalue weighted by atomic mass is 9.96. The van der Waals surface area contributed by atoms with E-state index in [1.807, 2.05) is 12.1 Å². The lowest BCUT2D eigenvalue weighted by Gasteiger charge is -2.22. The molecule has 3 heteroatoms. The number of nitrogens with one attached hydrogen (secondary N) is 1. The highest BCUT2D eigenvalue weighted by Crippen LogP contribution is 2.19. The first-order chi connectivity index (χ1) is 13.8. The summed E-state index contributed by atoms with van der Waals surface area (Å²) in [5, 5.41) is 2.99. The molecule has 1 aliphatic carbocycles. The van der Waals surface area contributed by atoms with E-state index in [4.69, 9.17) is 4.74 Å². The van der Waals surface area contributed by atoms with Gasteiger partial charge in [-0.1, -0.05) is 96.1 Å². The highest BCUT2D eigenvalue weighted by Gasteiger charge is 2.16. The van der Waals surface area contributed by atoms with E-state index in [9.17, 15) is 4.79 Å². The Morgan fingerprint density at radius 2 is 1.43 bits per heavy atom. The molecule has 0 heterocycles. The minimum atomic E-state index is -0.311. The summed E-state index contributed by atoms with van der Waals surface area (Å²) < 4.78 is 5.43. The minimum Gasteiger partial charge on any atom is -0.410 e. The first kappa shape index (κ1) is 22.8. The molecule has 0 unspecified atom stereocenters. The summed E-state index contributed by atoms with van der Waals surface area (Å²) in [5.41, 5.74) is 1.33. The molecule has 0 radical (unpaired) electrons.